The number of morpholine rings is 1. The minimum Gasteiger partial charge on any atom is -0.379 e. The molecule has 1 aliphatic heterocycles. The number of sulfonamides is 1. The van der Waals surface area contributed by atoms with Gasteiger partial charge in [-0.3, -0.25) is 4.79 Å². The molecule has 0 N–H and O–H groups in total. The van der Waals surface area contributed by atoms with Crippen molar-refractivity contribution in [1.29, 1.82) is 0 Å². The molecule has 152 valence electrons. The number of nitrogens with zero attached hydrogens (tertiary/aromatic N) is 3. The van der Waals surface area contributed by atoms with Crippen molar-refractivity contribution in [2.75, 3.05) is 26.3 Å². The van der Waals surface area contributed by atoms with Gasteiger partial charge in [0.2, 0.25) is 10.0 Å². The first kappa shape index (κ1) is 20.6. The molecule has 1 amide bonds. The van der Waals surface area contributed by atoms with E-state index in [9.17, 15) is 13.2 Å². The van der Waals surface area contributed by atoms with Gasteiger partial charge in [0.25, 0.3) is 5.91 Å². The lowest BCUT2D eigenvalue weighted by atomic mass is 10.1. The number of aryl methyl sites for hydroxylation is 1. The topological polar surface area (TPSA) is 71.8 Å². The summed E-state index contributed by atoms with van der Waals surface area (Å²) in [5.41, 5.74) is 1.39. The monoisotopic (exact) mass is 405 g/mol. The van der Waals surface area contributed by atoms with E-state index in [4.69, 9.17) is 4.74 Å². The molecule has 0 radical (unpaired) electrons. The highest BCUT2D eigenvalue weighted by Gasteiger charge is 2.30. The van der Waals surface area contributed by atoms with Crippen LogP contribution in [0.3, 0.4) is 0 Å². The molecular weight excluding hydrogens is 378 g/mol. The van der Waals surface area contributed by atoms with Gasteiger partial charge in [0, 0.05) is 38.9 Å². The third-order valence-electron chi connectivity index (χ3n) is 4.89. The Morgan fingerprint density at radius 2 is 1.82 bits per heavy atom. The Bertz CT molecular complexity index is 916. The van der Waals surface area contributed by atoms with Crippen molar-refractivity contribution >= 4 is 15.9 Å². The average molecular weight is 406 g/mol. The first-order valence-electron chi connectivity index (χ1n) is 9.40. The standard InChI is InChI=1S/C20H27N3O4S/c1-16(2)23(14-17-7-5-4-6-8-17)20(24)19-13-18(15-21(19)3)28(25,26)22-9-11-27-12-10-22/h4-8,13,15-16H,9-12,14H2,1-3H3. The van der Waals surface area contributed by atoms with Crippen molar-refractivity contribution in [2.24, 2.45) is 7.05 Å². The van der Waals surface area contributed by atoms with Gasteiger partial charge in [-0.25, -0.2) is 8.42 Å². The Balaban J connectivity index is 1.87. The lowest BCUT2D eigenvalue weighted by Crippen LogP contribution is -2.40. The van der Waals surface area contributed by atoms with Crippen molar-refractivity contribution in [1.82, 2.24) is 13.8 Å². The molecule has 0 aliphatic carbocycles. The predicted octanol–water partition coefficient (Wildman–Crippen LogP) is 2.10. The first-order valence-corrected chi connectivity index (χ1v) is 10.8. The van der Waals surface area contributed by atoms with Crippen LogP contribution < -0.4 is 0 Å². The van der Waals surface area contributed by atoms with Crippen LogP contribution in [0.15, 0.2) is 47.5 Å². The smallest absolute Gasteiger partial charge is 0.271 e. The second-order valence-corrected chi connectivity index (χ2v) is 9.14. The van der Waals surface area contributed by atoms with Crippen molar-refractivity contribution < 1.29 is 17.9 Å². The van der Waals surface area contributed by atoms with Crippen LogP contribution in [0.5, 0.6) is 0 Å². The maximum atomic E-state index is 13.2. The third-order valence-corrected chi connectivity index (χ3v) is 6.75. The van der Waals surface area contributed by atoms with E-state index in [1.54, 1.807) is 16.5 Å². The van der Waals surface area contributed by atoms with E-state index in [1.165, 1.54) is 16.6 Å². The van der Waals surface area contributed by atoms with Crippen LogP contribution in [0, 0.1) is 0 Å². The quantitative estimate of drug-likeness (QED) is 0.738. The van der Waals surface area contributed by atoms with E-state index in [0.29, 0.717) is 38.5 Å². The Morgan fingerprint density at radius 1 is 1.18 bits per heavy atom. The number of aromatic nitrogens is 1. The summed E-state index contributed by atoms with van der Waals surface area (Å²) < 4.78 is 34.0. The van der Waals surface area contributed by atoms with Crippen molar-refractivity contribution in [2.45, 2.75) is 31.3 Å². The van der Waals surface area contributed by atoms with E-state index >= 15 is 0 Å². The maximum Gasteiger partial charge on any atom is 0.271 e. The second-order valence-electron chi connectivity index (χ2n) is 7.20. The number of amides is 1. The lowest BCUT2D eigenvalue weighted by molar-refractivity contribution is 0.0680. The van der Waals surface area contributed by atoms with Crippen LogP contribution in [0.1, 0.15) is 29.9 Å². The summed E-state index contributed by atoms with van der Waals surface area (Å²) >= 11 is 0. The number of carbonyl (C=O) groups is 1. The molecule has 0 bridgehead atoms. The van der Waals surface area contributed by atoms with Gasteiger partial charge in [-0.05, 0) is 25.5 Å². The summed E-state index contributed by atoms with van der Waals surface area (Å²) in [4.78, 5) is 15.1. The molecule has 28 heavy (non-hydrogen) atoms. The molecular formula is C20H27N3O4S. The van der Waals surface area contributed by atoms with Gasteiger partial charge >= 0.3 is 0 Å². The van der Waals surface area contributed by atoms with E-state index in [-0.39, 0.29) is 16.8 Å². The molecule has 1 aliphatic rings. The molecule has 0 saturated carbocycles. The van der Waals surface area contributed by atoms with E-state index in [2.05, 4.69) is 0 Å². The number of rotatable bonds is 6. The molecule has 2 aromatic rings. The largest absolute Gasteiger partial charge is 0.379 e. The van der Waals surface area contributed by atoms with Crippen molar-refractivity contribution in [3.63, 3.8) is 0 Å². The Labute approximate surface area is 166 Å². The fraction of sp³-hybridized carbons (Fsp3) is 0.450. The molecule has 0 spiro atoms. The number of ether oxygens (including phenoxy) is 1. The van der Waals surface area contributed by atoms with Gasteiger partial charge in [0.05, 0.1) is 13.2 Å². The van der Waals surface area contributed by atoms with Crippen molar-refractivity contribution in [3.05, 3.63) is 53.9 Å². The zero-order valence-corrected chi connectivity index (χ0v) is 17.4. The van der Waals surface area contributed by atoms with Crippen LogP contribution in [-0.4, -0.2) is 60.4 Å². The van der Waals surface area contributed by atoms with Gasteiger partial charge in [-0.1, -0.05) is 30.3 Å². The van der Waals surface area contributed by atoms with Crippen LogP contribution in [0.4, 0.5) is 0 Å². The zero-order valence-electron chi connectivity index (χ0n) is 16.5. The van der Waals surface area contributed by atoms with E-state index in [0.717, 1.165) is 5.56 Å². The Hall–Kier alpha value is -2.16. The number of carbonyl (C=O) groups excluding carboxylic acids is 1. The summed E-state index contributed by atoms with van der Waals surface area (Å²) in [5.74, 6) is -0.190. The molecule has 1 fully saturated rings. The summed E-state index contributed by atoms with van der Waals surface area (Å²) in [6.07, 6.45) is 1.51. The van der Waals surface area contributed by atoms with Crippen LogP contribution in [-0.2, 0) is 28.4 Å². The fourth-order valence-electron chi connectivity index (χ4n) is 3.24. The molecule has 8 heteroatoms. The maximum absolute atomic E-state index is 13.2. The van der Waals surface area contributed by atoms with Gasteiger partial charge in [-0.2, -0.15) is 4.31 Å². The minimum atomic E-state index is -3.64. The van der Waals surface area contributed by atoms with Gasteiger partial charge < -0.3 is 14.2 Å². The predicted molar refractivity (Wildman–Crippen MR) is 106 cm³/mol. The Morgan fingerprint density at radius 3 is 2.43 bits per heavy atom. The summed E-state index contributed by atoms with van der Waals surface area (Å²) in [6, 6.07) is 11.2. The van der Waals surface area contributed by atoms with Crippen molar-refractivity contribution in [3.8, 4) is 0 Å². The van der Waals surface area contributed by atoms with Gasteiger partial charge in [0.15, 0.2) is 0 Å². The molecule has 0 unspecified atom stereocenters. The molecule has 1 saturated heterocycles. The number of hydrogen-bond acceptors (Lipinski definition) is 4. The average Bonchev–Trinajstić information content (AvgIpc) is 3.09. The number of hydrogen-bond donors (Lipinski definition) is 0. The second kappa shape index (κ2) is 8.46. The van der Waals surface area contributed by atoms with Gasteiger partial charge in [0.1, 0.15) is 10.6 Å². The molecule has 7 nitrogen and oxygen atoms in total. The summed E-state index contributed by atoms with van der Waals surface area (Å²) in [6.45, 7) is 5.80. The molecule has 1 aromatic heterocycles. The lowest BCUT2D eigenvalue weighted by Gasteiger charge is -2.27. The molecule has 1 aromatic carbocycles. The molecule has 2 heterocycles. The fourth-order valence-corrected chi connectivity index (χ4v) is 4.72. The summed E-state index contributed by atoms with van der Waals surface area (Å²) in [5, 5.41) is 0. The highest BCUT2D eigenvalue weighted by atomic mass is 32.2. The third kappa shape index (κ3) is 4.29. The van der Waals surface area contributed by atoms with Gasteiger partial charge in [-0.15, -0.1) is 0 Å². The van der Waals surface area contributed by atoms with Crippen LogP contribution >= 0.6 is 0 Å². The molecule has 3 rings (SSSR count). The number of benzene rings is 1. The van der Waals surface area contributed by atoms with E-state index in [1.807, 2.05) is 44.2 Å². The SMILES string of the molecule is CC(C)N(Cc1ccccc1)C(=O)c1cc(S(=O)(=O)N2CCOCC2)cn1C. The van der Waals surface area contributed by atoms with Crippen LogP contribution in [0.2, 0.25) is 0 Å². The minimum absolute atomic E-state index is 0.0260. The highest BCUT2D eigenvalue weighted by molar-refractivity contribution is 7.89. The highest BCUT2D eigenvalue weighted by Crippen LogP contribution is 2.22. The zero-order chi connectivity index (χ0) is 20.3. The van der Waals surface area contributed by atoms with Crippen LogP contribution in [0.25, 0.3) is 0 Å². The van der Waals surface area contributed by atoms with E-state index < -0.39 is 10.0 Å². The first-order chi connectivity index (χ1) is 13.3. The Kier molecular flexibility index (Phi) is 6.22. The molecule has 0 atom stereocenters. The normalized spacial score (nSPS) is 15.7. The summed E-state index contributed by atoms with van der Waals surface area (Å²) in [7, 11) is -1.94.